The third-order valence-corrected chi connectivity index (χ3v) is 4.55. The molecule has 1 aromatic carbocycles. The largest absolute Gasteiger partial charge is 0.385 e. The van der Waals surface area contributed by atoms with Crippen molar-refractivity contribution in [3.63, 3.8) is 0 Å². The average Bonchev–Trinajstić information content (AvgIpc) is 2.76. The van der Waals surface area contributed by atoms with Gasteiger partial charge in [0.1, 0.15) is 17.2 Å². The molecule has 1 aromatic rings. The van der Waals surface area contributed by atoms with Crippen LogP contribution < -0.4 is 5.32 Å². The molecular formula is C14H17F2NO3S. The topological polar surface area (TPSA) is 58.6 Å². The summed E-state index contributed by atoms with van der Waals surface area (Å²) in [6.45, 7) is 2.31. The summed E-state index contributed by atoms with van der Waals surface area (Å²) < 4.78 is 31.4. The van der Waals surface area contributed by atoms with Crippen LogP contribution in [-0.4, -0.2) is 41.6 Å². The van der Waals surface area contributed by atoms with Gasteiger partial charge in [-0.25, -0.2) is 8.78 Å². The van der Waals surface area contributed by atoms with Crippen LogP contribution in [0.3, 0.4) is 0 Å². The number of carbonyl (C=O) groups excluding carboxylic acids is 1. The minimum Gasteiger partial charge on any atom is -0.385 e. The van der Waals surface area contributed by atoms with E-state index in [-0.39, 0.29) is 29.2 Å². The molecule has 7 heteroatoms. The molecule has 116 valence electrons. The molecule has 1 aliphatic heterocycles. The zero-order chi connectivity index (χ0) is 15.5. The van der Waals surface area contributed by atoms with Crippen LogP contribution in [0, 0.1) is 11.6 Å². The van der Waals surface area contributed by atoms with Gasteiger partial charge in [0.25, 0.3) is 0 Å². The lowest BCUT2D eigenvalue weighted by Gasteiger charge is -2.26. The third kappa shape index (κ3) is 4.15. The van der Waals surface area contributed by atoms with Gasteiger partial charge < -0.3 is 15.2 Å². The Hall–Kier alpha value is -1.18. The van der Waals surface area contributed by atoms with E-state index in [1.165, 1.54) is 6.07 Å². The maximum absolute atomic E-state index is 13.4. The van der Waals surface area contributed by atoms with Crippen molar-refractivity contribution in [3.8, 4) is 0 Å². The zero-order valence-electron chi connectivity index (χ0n) is 11.6. The number of hydrogen-bond acceptors (Lipinski definition) is 4. The second-order valence-corrected chi connectivity index (χ2v) is 6.02. The first-order valence-corrected chi connectivity index (χ1v) is 7.58. The normalized spacial score (nSPS) is 25.0. The van der Waals surface area contributed by atoms with Crippen LogP contribution in [0.5, 0.6) is 0 Å². The van der Waals surface area contributed by atoms with Crippen LogP contribution in [-0.2, 0) is 9.53 Å². The molecule has 0 aliphatic carbocycles. The number of rotatable bonds is 5. The van der Waals surface area contributed by atoms with Gasteiger partial charge in [0.05, 0.1) is 11.9 Å². The molecule has 1 saturated heterocycles. The van der Waals surface area contributed by atoms with Crippen LogP contribution >= 0.6 is 11.8 Å². The van der Waals surface area contributed by atoms with E-state index in [1.54, 1.807) is 6.92 Å². The van der Waals surface area contributed by atoms with E-state index in [1.807, 2.05) is 0 Å². The van der Waals surface area contributed by atoms with Gasteiger partial charge in [0.15, 0.2) is 0 Å². The minimum atomic E-state index is -1.05. The summed E-state index contributed by atoms with van der Waals surface area (Å²) >= 11 is 0.979. The van der Waals surface area contributed by atoms with Crippen molar-refractivity contribution in [1.82, 2.24) is 5.32 Å². The van der Waals surface area contributed by atoms with Crippen LogP contribution in [0.25, 0.3) is 0 Å². The van der Waals surface area contributed by atoms with E-state index >= 15 is 0 Å². The van der Waals surface area contributed by atoms with Crippen molar-refractivity contribution in [3.05, 3.63) is 29.8 Å². The summed E-state index contributed by atoms with van der Waals surface area (Å²) in [5.74, 6) is -1.67. The number of amides is 1. The average molecular weight is 317 g/mol. The Morgan fingerprint density at radius 3 is 2.95 bits per heavy atom. The van der Waals surface area contributed by atoms with Crippen LogP contribution in [0.1, 0.15) is 13.3 Å². The Kier molecular flexibility index (Phi) is 5.18. The number of thioether (sulfide) groups is 1. The molecule has 0 bridgehead atoms. The minimum absolute atomic E-state index is 0.00608. The second-order valence-electron chi connectivity index (χ2n) is 5.01. The maximum Gasteiger partial charge on any atom is 0.230 e. The molecule has 2 rings (SSSR count). The van der Waals surface area contributed by atoms with Crippen molar-refractivity contribution >= 4 is 17.7 Å². The van der Waals surface area contributed by atoms with E-state index in [4.69, 9.17) is 4.74 Å². The van der Waals surface area contributed by atoms with E-state index < -0.39 is 17.2 Å². The highest BCUT2D eigenvalue weighted by atomic mass is 32.2. The first-order valence-electron chi connectivity index (χ1n) is 6.59. The van der Waals surface area contributed by atoms with E-state index in [2.05, 4.69) is 5.32 Å². The summed E-state index contributed by atoms with van der Waals surface area (Å²) in [5, 5.41) is 12.8. The quantitative estimate of drug-likeness (QED) is 0.812. The summed E-state index contributed by atoms with van der Waals surface area (Å²) in [6.07, 6.45) is 0.133. The van der Waals surface area contributed by atoms with E-state index in [9.17, 15) is 18.7 Å². The molecule has 1 amide bonds. The third-order valence-electron chi connectivity index (χ3n) is 3.50. The van der Waals surface area contributed by atoms with Crippen LogP contribution in [0.2, 0.25) is 0 Å². The van der Waals surface area contributed by atoms with Gasteiger partial charge in [-0.3, -0.25) is 4.79 Å². The molecule has 21 heavy (non-hydrogen) atoms. The summed E-state index contributed by atoms with van der Waals surface area (Å²) in [4.78, 5) is 11.9. The molecule has 0 radical (unpaired) electrons. The number of ether oxygens (including phenoxy) is 1. The highest BCUT2D eigenvalue weighted by Gasteiger charge is 2.39. The van der Waals surface area contributed by atoms with Crippen molar-refractivity contribution in [2.45, 2.75) is 29.9 Å². The van der Waals surface area contributed by atoms with Crippen molar-refractivity contribution in [1.29, 1.82) is 0 Å². The predicted molar refractivity (Wildman–Crippen MR) is 75.1 cm³/mol. The Morgan fingerprint density at radius 1 is 1.57 bits per heavy atom. The van der Waals surface area contributed by atoms with Crippen LogP contribution in [0.4, 0.5) is 8.78 Å². The molecule has 1 aliphatic rings. The summed E-state index contributed by atoms with van der Waals surface area (Å²) in [6, 6.07) is 3.22. The van der Waals surface area contributed by atoms with Gasteiger partial charge in [-0.2, -0.15) is 0 Å². The number of benzene rings is 1. The fourth-order valence-electron chi connectivity index (χ4n) is 2.04. The molecule has 4 nitrogen and oxygen atoms in total. The number of nitrogens with one attached hydrogen (secondary N) is 1. The molecule has 0 aromatic heterocycles. The van der Waals surface area contributed by atoms with Crippen molar-refractivity contribution in [2.75, 3.05) is 18.9 Å². The van der Waals surface area contributed by atoms with E-state index in [0.29, 0.717) is 13.0 Å². The molecule has 2 unspecified atom stereocenters. The van der Waals surface area contributed by atoms with Gasteiger partial charge in [0.2, 0.25) is 5.91 Å². The Bertz CT molecular complexity index is 529. The SMILES string of the molecule is CC1OCCC1(O)CNC(=O)CSc1ccc(F)cc1F. The standard InChI is InChI=1S/C14H17F2NO3S/c1-9-14(19,4-5-20-9)8-17-13(18)7-21-12-3-2-10(15)6-11(12)16/h2-3,6,9,19H,4-5,7-8H2,1H3,(H,17,18). The first kappa shape index (κ1) is 16.2. The number of carbonyl (C=O) groups is 1. The lowest BCUT2D eigenvalue weighted by atomic mass is 9.97. The molecule has 1 heterocycles. The lowest BCUT2D eigenvalue weighted by Crippen LogP contribution is -2.47. The molecule has 0 saturated carbocycles. The van der Waals surface area contributed by atoms with E-state index in [0.717, 1.165) is 23.9 Å². The predicted octanol–water partition coefficient (Wildman–Crippen LogP) is 1.71. The Balaban J connectivity index is 1.80. The van der Waals surface area contributed by atoms with Gasteiger partial charge in [-0.1, -0.05) is 0 Å². The molecular weight excluding hydrogens is 300 g/mol. The van der Waals surface area contributed by atoms with Gasteiger partial charge in [-0.05, 0) is 19.1 Å². The second kappa shape index (κ2) is 6.72. The molecule has 2 atom stereocenters. The Morgan fingerprint density at radius 2 is 2.33 bits per heavy atom. The fourth-order valence-corrected chi connectivity index (χ4v) is 2.79. The fraction of sp³-hybridized carbons (Fsp3) is 0.500. The summed E-state index contributed by atoms with van der Waals surface area (Å²) in [7, 11) is 0. The monoisotopic (exact) mass is 317 g/mol. The molecule has 2 N–H and O–H groups in total. The highest BCUT2D eigenvalue weighted by molar-refractivity contribution is 8.00. The van der Waals surface area contributed by atoms with Gasteiger partial charge in [-0.15, -0.1) is 11.8 Å². The summed E-state index contributed by atoms with van der Waals surface area (Å²) in [5.41, 5.74) is -1.05. The Labute approximate surface area is 125 Å². The van der Waals surface area contributed by atoms with Gasteiger partial charge >= 0.3 is 0 Å². The number of halogens is 2. The lowest BCUT2D eigenvalue weighted by molar-refractivity contribution is -0.120. The van der Waals surface area contributed by atoms with Crippen molar-refractivity contribution < 1.29 is 23.4 Å². The highest BCUT2D eigenvalue weighted by Crippen LogP contribution is 2.25. The molecule has 1 fully saturated rings. The molecule has 0 spiro atoms. The zero-order valence-corrected chi connectivity index (χ0v) is 12.4. The number of aliphatic hydroxyl groups is 1. The smallest absolute Gasteiger partial charge is 0.230 e. The van der Waals surface area contributed by atoms with Crippen LogP contribution in [0.15, 0.2) is 23.1 Å². The first-order chi connectivity index (χ1) is 9.90. The maximum atomic E-state index is 13.4. The van der Waals surface area contributed by atoms with Crippen molar-refractivity contribution in [2.24, 2.45) is 0 Å². The number of hydrogen-bond donors (Lipinski definition) is 2. The van der Waals surface area contributed by atoms with Gasteiger partial charge in [0, 0.05) is 30.5 Å².